The molecule has 0 aromatic rings. The van der Waals surface area contributed by atoms with Crippen LogP contribution < -0.4 is 0 Å². The van der Waals surface area contributed by atoms with Gasteiger partial charge in [-0.2, -0.15) is 4.31 Å². The Morgan fingerprint density at radius 1 is 1.36 bits per heavy atom. The maximum Gasteiger partial charge on any atom is 0.318 e. The lowest BCUT2D eigenvalue weighted by Crippen LogP contribution is -2.47. The molecular formula is C8H13NO4S. The molecule has 0 radical (unpaired) electrons. The number of nitrogens with zero attached hydrogens (tertiary/aromatic N) is 1. The van der Waals surface area contributed by atoms with Crippen molar-refractivity contribution in [1.82, 2.24) is 4.31 Å². The molecule has 5 nitrogen and oxygen atoms in total. The summed E-state index contributed by atoms with van der Waals surface area (Å²) < 4.78 is 24.3. The highest BCUT2D eigenvalue weighted by Gasteiger charge is 2.58. The van der Waals surface area contributed by atoms with E-state index in [1.165, 1.54) is 0 Å². The topological polar surface area (TPSA) is 74.7 Å². The molecule has 1 saturated heterocycles. The van der Waals surface area contributed by atoms with Crippen LogP contribution in [0.5, 0.6) is 0 Å². The van der Waals surface area contributed by atoms with Crippen LogP contribution in [-0.4, -0.2) is 41.6 Å². The number of hydrogen-bond donors (Lipinski definition) is 1. The maximum absolute atomic E-state index is 11.9. The van der Waals surface area contributed by atoms with Gasteiger partial charge in [-0.25, -0.2) is 8.42 Å². The molecule has 0 amide bonds. The standard InChI is InChI=1S/C8H13NO4S/c10-7(11)6-9-5-1-2-8(3-4-8)14(9,12)13/h1-6H2,(H,10,11). The van der Waals surface area contributed by atoms with Gasteiger partial charge in [0.25, 0.3) is 0 Å². The maximum atomic E-state index is 11.9. The predicted octanol–water partition coefficient (Wildman–Crippen LogP) is 0.0292. The Hall–Kier alpha value is -0.620. The number of hydrogen-bond acceptors (Lipinski definition) is 3. The predicted molar refractivity (Wildman–Crippen MR) is 49.3 cm³/mol. The zero-order chi connectivity index (χ0) is 10.4. The van der Waals surface area contributed by atoms with Crippen LogP contribution in [0.3, 0.4) is 0 Å². The van der Waals surface area contributed by atoms with Gasteiger partial charge in [-0.15, -0.1) is 0 Å². The number of carboxylic acid groups (broad SMARTS) is 1. The van der Waals surface area contributed by atoms with Crippen molar-refractivity contribution in [3.8, 4) is 0 Å². The first-order valence-corrected chi connectivity index (χ1v) is 6.13. The minimum Gasteiger partial charge on any atom is -0.480 e. The van der Waals surface area contributed by atoms with Crippen LogP contribution in [0, 0.1) is 0 Å². The number of rotatable bonds is 2. The van der Waals surface area contributed by atoms with Gasteiger partial charge in [-0.05, 0) is 25.7 Å². The molecule has 0 aromatic heterocycles. The van der Waals surface area contributed by atoms with Gasteiger partial charge in [0, 0.05) is 6.54 Å². The van der Waals surface area contributed by atoms with E-state index >= 15 is 0 Å². The molecule has 1 N–H and O–H groups in total. The second-order valence-electron chi connectivity index (χ2n) is 4.02. The fourth-order valence-corrected chi connectivity index (χ4v) is 4.28. The summed E-state index contributed by atoms with van der Waals surface area (Å²) in [6, 6.07) is 0. The van der Waals surface area contributed by atoms with Crippen LogP contribution in [-0.2, 0) is 14.8 Å². The number of aliphatic carboxylic acids is 1. The van der Waals surface area contributed by atoms with Crippen molar-refractivity contribution in [2.24, 2.45) is 0 Å². The summed E-state index contributed by atoms with van der Waals surface area (Å²) in [5, 5.41) is 8.58. The number of carbonyl (C=O) groups is 1. The molecule has 6 heteroatoms. The van der Waals surface area contributed by atoms with Gasteiger partial charge < -0.3 is 5.11 Å². The average Bonchev–Trinajstić information content (AvgIpc) is 2.81. The Morgan fingerprint density at radius 3 is 2.50 bits per heavy atom. The zero-order valence-electron chi connectivity index (χ0n) is 7.77. The highest BCUT2D eigenvalue weighted by atomic mass is 32.2. The van der Waals surface area contributed by atoms with E-state index < -0.39 is 20.7 Å². The van der Waals surface area contributed by atoms with E-state index in [9.17, 15) is 13.2 Å². The molecule has 2 aliphatic rings. The largest absolute Gasteiger partial charge is 0.480 e. The summed E-state index contributed by atoms with van der Waals surface area (Å²) in [7, 11) is -3.33. The number of sulfonamides is 1. The zero-order valence-corrected chi connectivity index (χ0v) is 8.59. The second kappa shape index (κ2) is 2.93. The summed E-state index contributed by atoms with van der Waals surface area (Å²) in [5.74, 6) is -1.08. The van der Waals surface area contributed by atoms with E-state index in [1.54, 1.807) is 0 Å². The summed E-state index contributed by atoms with van der Waals surface area (Å²) in [6.45, 7) is -0.0273. The van der Waals surface area contributed by atoms with Gasteiger partial charge in [-0.3, -0.25) is 4.79 Å². The molecule has 0 aromatic carbocycles. The first-order valence-electron chi connectivity index (χ1n) is 4.69. The Balaban J connectivity index is 2.22. The normalized spacial score (nSPS) is 28.9. The first-order chi connectivity index (χ1) is 6.48. The summed E-state index contributed by atoms with van der Waals surface area (Å²) >= 11 is 0. The Labute approximate surface area is 82.8 Å². The molecule has 1 saturated carbocycles. The van der Waals surface area contributed by atoms with Crippen molar-refractivity contribution < 1.29 is 18.3 Å². The lowest BCUT2D eigenvalue weighted by atomic mass is 10.2. The fourth-order valence-electron chi connectivity index (χ4n) is 2.06. The molecule has 1 spiro atoms. The van der Waals surface area contributed by atoms with Crippen LogP contribution in [0.4, 0.5) is 0 Å². The van der Waals surface area contributed by atoms with Crippen molar-refractivity contribution in [3.05, 3.63) is 0 Å². The Kier molecular flexibility index (Phi) is 2.08. The molecule has 2 fully saturated rings. The third kappa shape index (κ3) is 1.33. The lowest BCUT2D eigenvalue weighted by molar-refractivity contribution is -0.137. The Morgan fingerprint density at radius 2 is 2.00 bits per heavy atom. The lowest BCUT2D eigenvalue weighted by Gasteiger charge is -2.31. The quantitative estimate of drug-likeness (QED) is 0.711. The SMILES string of the molecule is O=C(O)CN1CCCC2(CC2)S1(=O)=O. The van der Waals surface area contributed by atoms with Gasteiger partial charge in [0.15, 0.2) is 0 Å². The summed E-state index contributed by atoms with van der Waals surface area (Å²) in [6.07, 6.45) is 2.88. The van der Waals surface area contributed by atoms with E-state index in [2.05, 4.69) is 0 Å². The van der Waals surface area contributed by atoms with Crippen molar-refractivity contribution in [1.29, 1.82) is 0 Å². The molecule has 80 valence electrons. The van der Waals surface area contributed by atoms with Gasteiger partial charge >= 0.3 is 5.97 Å². The van der Waals surface area contributed by atoms with Gasteiger partial charge in [0.05, 0.1) is 4.75 Å². The molecular weight excluding hydrogens is 206 g/mol. The second-order valence-corrected chi connectivity index (χ2v) is 6.35. The minimum atomic E-state index is -3.33. The van der Waals surface area contributed by atoms with Gasteiger partial charge in [-0.1, -0.05) is 0 Å². The Bertz CT molecular complexity index is 358. The van der Waals surface area contributed by atoms with Crippen LogP contribution >= 0.6 is 0 Å². The van der Waals surface area contributed by atoms with E-state index in [-0.39, 0.29) is 6.54 Å². The summed E-state index contributed by atoms with van der Waals surface area (Å²) in [4.78, 5) is 10.5. The highest BCUT2D eigenvalue weighted by molar-refractivity contribution is 7.90. The molecule has 1 aliphatic carbocycles. The van der Waals surface area contributed by atoms with Crippen molar-refractivity contribution in [3.63, 3.8) is 0 Å². The van der Waals surface area contributed by atoms with Crippen LogP contribution in [0.2, 0.25) is 0 Å². The van der Waals surface area contributed by atoms with E-state index in [0.29, 0.717) is 25.8 Å². The van der Waals surface area contributed by atoms with Crippen molar-refractivity contribution >= 4 is 16.0 Å². The molecule has 0 bridgehead atoms. The minimum absolute atomic E-state index is 0.358. The third-order valence-corrected chi connectivity index (χ3v) is 5.74. The molecule has 0 unspecified atom stereocenters. The smallest absolute Gasteiger partial charge is 0.318 e. The van der Waals surface area contributed by atoms with E-state index in [0.717, 1.165) is 10.7 Å². The molecule has 14 heavy (non-hydrogen) atoms. The van der Waals surface area contributed by atoms with Crippen LogP contribution in [0.15, 0.2) is 0 Å². The van der Waals surface area contributed by atoms with Gasteiger partial charge in [0.2, 0.25) is 10.0 Å². The van der Waals surface area contributed by atoms with Crippen molar-refractivity contribution in [2.75, 3.05) is 13.1 Å². The third-order valence-electron chi connectivity index (χ3n) is 3.05. The molecule has 1 aliphatic heterocycles. The fraction of sp³-hybridized carbons (Fsp3) is 0.875. The highest BCUT2D eigenvalue weighted by Crippen LogP contribution is 2.50. The molecule has 1 heterocycles. The monoisotopic (exact) mass is 219 g/mol. The summed E-state index contributed by atoms with van der Waals surface area (Å²) in [5.41, 5.74) is 0. The van der Waals surface area contributed by atoms with Crippen molar-refractivity contribution in [2.45, 2.75) is 30.4 Å². The van der Waals surface area contributed by atoms with Crippen LogP contribution in [0.1, 0.15) is 25.7 Å². The van der Waals surface area contributed by atoms with Crippen LogP contribution in [0.25, 0.3) is 0 Å². The van der Waals surface area contributed by atoms with Gasteiger partial charge in [0.1, 0.15) is 6.54 Å². The first kappa shape index (κ1) is 9.92. The average molecular weight is 219 g/mol. The van der Waals surface area contributed by atoms with E-state index in [4.69, 9.17) is 5.11 Å². The molecule has 0 atom stereocenters. The number of carboxylic acids is 1. The van der Waals surface area contributed by atoms with E-state index in [1.807, 2.05) is 0 Å². The molecule has 2 rings (SSSR count).